The fourth-order valence-electron chi connectivity index (χ4n) is 5.16. The number of phosphoric ester groups is 1. The van der Waals surface area contributed by atoms with Crippen molar-refractivity contribution >= 4 is 19.8 Å². The Morgan fingerprint density at radius 3 is 1.52 bits per heavy atom. The van der Waals surface area contributed by atoms with E-state index in [1.54, 1.807) is 0 Å². The zero-order valence-electron chi connectivity index (χ0n) is 30.5. The first-order valence-electron chi connectivity index (χ1n) is 19.1. The number of allylic oxidation sites excluding steroid dienone is 2. The first-order chi connectivity index (χ1) is 23.2. The van der Waals surface area contributed by atoms with Crippen molar-refractivity contribution in [3.05, 3.63) is 12.2 Å². The highest BCUT2D eigenvalue weighted by Crippen LogP contribution is 2.43. The van der Waals surface area contributed by atoms with E-state index < -0.39 is 51.8 Å². The molecule has 0 aliphatic heterocycles. The van der Waals surface area contributed by atoms with E-state index in [1.165, 1.54) is 89.9 Å². The number of unbranched alkanes of at least 4 members (excludes halogenated alkanes) is 20. The molecular formula is C37H71O10P. The van der Waals surface area contributed by atoms with Crippen LogP contribution in [0.5, 0.6) is 0 Å². The molecule has 0 spiro atoms. The van der Waals surface area contributed by atoms with Gasteiger partial charge in [0.05, 0.1) is 19.8 Å². The van der Waals surface area contributed by atoms with Crippen molar-refractivity contribution in [2.45, 2.75) is 187 Å². The fourth-order valence-corrected chi connectivity index (χ4v) is 5.95. The number of aliphatic hydroxyl groups is 2. The lowest BCUT2D eigenvalue weighted by Gasteiger charge is -2.20. The Balaban J connectivity index is 4.35. The van der Waals surface area contributed by atoms with Crippen LogP contribution in [0, 0.1) is 0 Å². The Morgan fingerprint density at radius 1 is 0.604 bits per heavy atom. The SMILES string of the molecule is CCCCCC/C=C\CCCCCCCCCC(=O)O[C@H](COC(=O)CCCCCCCCCCCC)COP(=O)(O)OC[C@@H](O)CO. The van der Waals surface area contributed by atoms with Gasteiger partial charge in [-0.1, -0.05) is 135 Å². The fraction of sp³-hybridized carbons (Fsp3) is 0.892. The summed E-state index contributed by atoms with van der Waals surface area (Å²) in [4.78, 5) is 34.8. The van der Waals surface area contributed by atoms with Gasteiger partial charge in [-0.05, 0) is 38.5 Å². The molecule has 1 unspecified atom stereocenters. The highest BCUT2D eigenvalue weighted by molar-refractivity contribution is 7.47. The van der Waals surface area contributed by atoms with Crippen LogP contribution in [0.15, 0.2) is 12.2 Å². The molecular weight excluding hydrogens is 635 g/mol. The van der Waals surface area contributed by atoms with Crippen molar-refractivity contribution in [2.24, 2.45) is 0 Å². The summed E-state index contributed by atoms with van der Waals surface area (Å²) >= 11 is 0. The second-order valence-corrected chi connectivity index (χ2v) is 14.4. The van der Waals surface area contributed by atoms with E-state index in [9.17, 15) is 24.2 Å². The first-order valence-corrected chi connectivity index (χ1v) is 20.6. The van der Waals surface area contributed by atoms with Crippen LogP contribution >= 0.6 is 7.82 Å². The summed E-state index contributed by atoms with van der Waals surface area (Å²) in [5.74, 6) is -0.927. The van der Waals surface area contributed by atoms with Gasteiger partial charge in [-0.25, -0.2) is 4.57 Å². The standard InChI is InChI=1S/C37H71O10P/c1-3-5-7-9-11-13-15-16-17-18-19-21-23-25-27-29-37(41)47-35(33-46-48(42,43)45-31-34(39)30-38)32-44-36(40)28-26-24-22-20-14-12-10-8-6-4-2/h13,15,34-35,38-39H,3-12,14,16-33H2,1-2H3,(H,42,43)/b15-13-/t34-,35+/m0/s1. The molecule has 0 radical (unpaired) electrons. The molecule has 0 saturated carbocycles. The van der Waals surface area contributed by atoms with Gasteiger partial charge < -0.3 is 24.6 Å². The van der Waals surface area contributed by atoms with E-state index >= 15 is 0 Å². The van der Waals surface area contributed by atoms with Crippen molar-refractivity contribution in [3.63, 3.8) is 0 Å². The number of carbonyl (C=O) groups is 2. The number of ether oxygens (including phenoxy) is 2. The van der Waals surface area contributed by atoms with Crippen LogP contribution in [-0.4, -0.2) is 65.7 Å². The second-order valence-electron chi connectivity index (χ2n) is 13.0. The summed E-state index contributed by atoms with van der Waals surface area (Å²) in [6.07, 6.45) is 29.0. The van der Waals surface area contributed by atoms with Gasteiger partial charge in [-0.2, -0.15) is 0 Å². The van der Waals surface area contributed by atoms with Crippen LogP contribution in [0.1, 0.15) is 174 Å². The largest absolute Gasteiger partial charge is 0.472 e. The number of rotatable bonds is 36. The summed E-state index contributed by atoms with van der Waals surface area (Å²) in [5.41, 5.74) is 0. The van der Waals surface area contributed by atoms with Crippen LogP contribution in [0.2, 0.25) is 0 Å². The predicted molar refractivity (Wildman–Crippen MR) is 192 cm³/mol. The molecule has 0 aromatic carbocycles. The molecule has 0 aliphatic carbocycles. The summed E-state index contributed by atoms with van der Waals surface area (Å²) in [5, 5.41) is 18.2. The average Bonchev–Trinajstić information content (AvgIpc) is 3.07. The van der Waals surface area contributed by atoms with Gasteiger partial charge in [-0.15, -0.1) is 0 Å². The van der Waals surface area contributed by atoms with Gasteiger partial charge in [0.2, 0.25) is 0 Å². The summed E-state index contributed by atoms with van der Waals surface area (Å²) in [6, 6.07) is 0. The van der Waals surface area contributed by atoms with Crippen molar-refractivity contribution in [3.8, 4) is 0 Å². The van der Waals surface area contributed by atoms with E-state index in [2.05, 4.69) is 30.5 Å². The maximum absolute atomic E-state index is 12.5. The van der Waals surface area contributed by atoms with E-state index in [0.717, 1.165) is 44.9 Å². The number of carbonyl (C=O) groups excluding carboxylic acids is 2. The van der Waals surface area contributed by atoms with Crippen LogP contribution in [0.4, 0.5) is 0 Å². The molecule has 3 atom stereocenters. The van der Waals surface area contributed by atoms with E-state index in [0.29, 0.717) is 12.8 Å². The molecule has 10 nitrogen and oxygen atoms in total. The number of aliphatic hydroxyl groups excluding tert-OH is 2. The Hall–Kier alpha value is -1.29. The maximum atomic E-state index is 12.5. The van der Waals surface area contributed by atoms with Gasteiger partial charge in [-0.3, -0.25) is 18.6 Å². The highest BCUT2D eigenvalue weighted by Gasteiger charge is 2.27. The van der Waals surface area contributed by atoms with Crippen molar-refractivity contribution in [1.82, 2.24) is 0 Å². The van der Waals surface area contributed by atoms with Gasteiger partial charge >= 0.3 is 19.8 Å². The number of hydrogen-bond acceptors (Lipinski definition) is 9. The van der Waals surface area contributed by atoms with Crippen molar-refractivity contribution in [1.29, 1.82) is 0 Å². The number of esters is 2. The molecule has 0 fully saturated rings. The third-order valence-corrected chi connectivity index (χ3v) is 9.12. The Morgan fingerprint density at radius 2 is 1.02 bits per heavy atom. The molecule has 0 saturated heterocycles. The van der Waals surface area contributed by atoms with Crippen LogP contribution in [-0.2, 0) is 32.7 Å². The third-order valence-electron chi connectivity index (χ3n) is 8.17. The summed E-state index contributed by atoms with van der Waals surface area (Å²) in [6.45, 7) is 2.34. The lowest BCUT2D eigenvalue weighted by Crippen LogP contribution is -2.29. The summed E-state index contributed by atoms with van der Waals surface area (Å²) < 4.78 is 32.5. The second kappa shape index (κ2) is 34.2. The average molecular weight is 707 g/mol. The first kappa shape index (κ1) is 46.7. The van der Waals surface area contributed by atoms with Gasteiger partial charge in [0.25, 0.3) is 0 Å². The molecule has 11 heteroatoms. The lowest BCUT2D eigenvalue weighted by atomic mass is 10.1. The van der Waals surface area contributed by atoms with Crippen molar-refractivity contribution in [2.75, 3.05) is 26.4 Å². The zero-order chi connectivity index (χ0) is 35.6. The molecule has 284 valence electrons. The molecule has 0 heterocycles. The monoisotopic (exact) mass is 706 g/mol. The summed E-state index contributed by atoms with van der Waals surface area (Å²) in [7, 11) is -4.60. The predicted octanol–water partition coefficient (Wildman–Crippen LogP) is 9.28. The van der Waals surface area contributed by atoms with Crippen LogP contribution < -0.4 is 0 Å². The quantitative estimate of drug-likeness (QED) is 0.0249. The minimum absolute atomic E-state index is 0.183. The van der Waals surface area contributed by atoms with Gasteiger partial charge in [0.1, 0.15) is 12.7 Å². The number of hydrogen-bond donors (Lipinski definition) is 3. The van der Waals surface area contributed by atoms with Gasteiger partial charge in [0.15, 0.2) is 6.10 Å². The Kier molecular flexibility index (Phi) is 33.3. The number of phosphoric acid groups is 1. The smallest absolute Gasteiger partial charge is 0.462 e. The third kappa shape index (κ3) is 33.2. The van der Waals surface area contributed by atoms with E-state index in [-0.39, 0.29) is 19.4 Å². The van der Waals surface area contributed by atoms with E-state index in [4.69, 9.17) is 19.1 Å². The normalized spacial score (nSPS) is 14.2. The highest BCUT2D eigenvalue weighted by atomic mass is 31.2. The molecule has 0 aromatic heterocycles. The molecule has 0 aromatic rings. The maximum Gasteiger partial charge on any atom is 0.472 e. The molecule has 0 bridgehead atoms. The van der Waals surface area contributed by atoms with Crippen molar-refractivity contribution < 1.29 is 47.8 Å². The van der Waals surface area contributed by atoms with Crippen LogP contribution in [0.25, 0.3) is 0 Å². The molecule has 48 heavy (non-hydrogen) atoms. The zero-order valence-corrected chi connectivity index (χ0v) is 31.4. The minimum Gasteiger partial charge on any atom is -0.462 e. The Labute approximate surface area is 292 Å². The van der Waals surface area contributed by atoms with Gasteiger partial charge in [0, 0.05) is 12.8 Å². The molecule has 0 rings (SSSR count). The molecule has 3 N–H and O–H groups in total. The Bertz CT molecular complexity index is 822. The minimum atomic E-state index is -4.60. The van der Waals surface area contributed by atoms with E-state index in [1.807, 2.05) is 0 Å². The topological polar surface area (TPSA) is 149 Å². The van der Waals surface area contributed by atoms with Crippen LogP contribution in [0.3, 0.4) is 0 Å². The molecule has 0 amide bonds. The molecule has 0 aliphatic rings. The lowest BCUT2D eigenvalue weighted by molar-refractivity contribution is -0.161.